The van der Waals surface area contributed by atoms with Gasteiger partial charge in [0.15, 0.2) is 12.6 Å². The molecule has 2 aromatic carbocycles. The fraction of sp³-hybridized carbons (Fsp3) is 0.819. The fourth-order valence-electron chi connectivity index (χ4n) is 28.4. The van der Waals surface area contributed by atoms with E-state index in [-0.39, 0.29) is 139 Å². The van der Waals surface area contributed by atoms with Gasteiger partial charge in [-0.25, -0.2) is 17.6 Å². The molecule has 6 unspecified atom stereocenters. The maximum Gasteiger partial charge on any atom is 0.219 e. The molecule has 0 radical (unpaired) electrons. The van der Waals surface area contributed by atoms with Gasteiger partial charge in [-0.1, -0.05) is 69.2 Å². The van der Waals surface area contributed by atoms with Crippen molar-refractivity contribution in [2.45, 2.75) is 267 Å². The van der Waals surface area contributed by atoms with Gasteiger partial charge in [0, 0.05) is 83.0 Å². The number of aliphatic hydroxyl groups excluding tert-OH is 2. The molecule has 3 N–H and O–H groups in total. The molecule has 4 saturated heterocycles. The van der Waals surface area contributed by atoms with Gasteiger partial charge in [-0.3, -0.25) is 14.4 Å². The maximum absolute atomic E-state index is 14.0. The lowest BCUT2D eigenvalue weighted by Crippen LogP contribution is -2.60. The summed E-state index contributed by atoms with van der Waals surface area (Å²) in [5.41, 5.74) is 1.35. The summed E-state index contributed by atoms with van der Waals surface area (Å²) in [5, 5.41) is 28.7. The molecule has 3 amide bonds. The Balaban J connectivity index is 0.000000169. The molecule has 10 aliphatic carbocycles. The number of halogens is 6. The normalized spacial score (nSPS) is 45.8. The van der Waals surface area contributed by atoms with Gasteiger partial charge in [0.1, 0.15) is 23.3 Å². The van der Waals surface area contributed by atoms with Crippen LogP contribution in [0.25, 0.3) is 0 Å². The smallest absolute Gasteiger partial charge is 0.219 e. The van der Waals surface area contributed by atoms with Crippen molar-refractivity contribution in [2.75, 3.05) is 57.8 Å². The molecule has 104 heavy (non-hydrogen) atoms. The number of nitrogens with one attached hydrogen (secondary N) is 1. The number of carbonyl (C=O) groups excluding carboxylic acids is 3. The standard InChI is InChI=1S/C42H60F2N2O6.C40H58F2N2O5.CH2Cl2/c1-24-16-30(21-46(26(3)48)20-27-17-28(43)19-29(44)18-27)51-36-35(24)39(6)12-13-42-23-41(42)11-10-33(52-34-22-45(25(2)47)14-15-50-34)38(4,5)31(41)8-9-32(42)40(39,7)37(36)49;1-23-15-28(20-43-19-25-16-26(41)18-27(42)17-25)48-34-33(23)37(5)11-12-40-22-39(40)10-9-31(49-32-21-44(24(2)45)13-14-47-32)36(3,4)29(39)7-8-30(40)38(37,6)35(34)46;2-1-3/h17-19,24,30-37,49H,8-16,20-23H2,1-7H3;16-18,23,28-35,43,46H,7-15,19-22H2,1-6H3;1H2/t24-,30-,31+,32+,33?,34?,35?,36+,37+,39-,40-,41-,42+;23-,28-,29+,30+,31?,32?,33?,34+,35+,37-,38-,39-,40+;/m11./s1. The molecule has 0 aromatic heterocycles. The lowest BCUT2D eigenvalue weighted by Gasteiger charge is -2.64. The number of benzene rings is 2. The number of alkyl halides is 2. The lowest BCUT2D eigenvalue weighted by molar-refractivity contribution is -0.247. The molecule has 4 heterocycles. The lowest BCUT2D eigenvalue weighted by atomic mass is 9.41. The van der Waals surface area contributed by atoms with E-state index in [9.17, 15) is 42.2 Å². The van der Waals surface area contributed by atoms with Crippen LogP contribution < -0.4 is 5.32 Å². The molecule has 14 aliphatic rings. The zero-order valence-electron chi connectivity index (χ0n) is 64.1. The summed E-state index contributed by atoms with van der Waals surface area (Å²) in [4.78, 5) is 42.3. The number of fused-ring (bicyclic) bond motifs is 8. The van der Waals surface area contributed by atoms with Crippen LogP contribution >= 0.6 is 23.2 Å². The quantitative estimate of drug-likeness (QED) is 0.136. The Morgan fingerprint density at radius 3 is 1.38 bits per heavy atom. The van der Waals surface area contributed by atoms with Crippen molar-refractivity contribution in [2.24, 2.45) is 101 Å². The van der Waals surface area contributed by atoms with Crippen LogP contribution in [0.3, 0.4) is 0 Å². The SMILES string of the molecule is CC(=O)N1CCOC(OC2CC[C@]34C[C@]35CC[C@]3(C)C6[C@H](C)C[C@H](CN(Cc7cc(F)cc(F)c7)C(C)=O)O[C@@H]6[C@H](O)[C@@]3(C)[C@@H]5CC[C@H]4C2(C)C)C1.CC(=O)N1CCOC(OC2CC[C@]34C[C@]35CC[C@]3(C)C6[C@H](C)C[C@H](CNCc7cc(F)cc(F)c7)O[C@@H]6[C@H](O)[C@@]3(C)[C@@H]5CC[C@H]4C2(C)C)C1.ClCCl. The van der Waals surface area contributed by atoms with Gasteiger partial charge in [0.2, 0.25) is 17.7 Å². The molecule has 580 valence electrons. The molecule has 21 heteroatoms. The highest BCUT2D eigenvalue weighted by molar-refractivity contribution is 6.40. The van der Waals surface area contributed by atoms with Crippen molar-refractivity contribution in [1.82, 2.24) is 20.0 Å². The van der Waals surface area contributed by atoms with Gasteiger partial charge in [-0.05, 0) is 229 Å². The molecule has 0 bridgehead atoms. The Kier molecular flexibility index (Phi) is 20.8. The van der Waals surface area contributed by atoms with Crippen molar-refractivity contribution in [3.8, 4) is 0 Å². The summed E-state index contributed by atoms with van der Waals surface area (Å²) in [6, 6.07) is 7.03. The third-order valence-electron chi connectivity index (χ3n) is 33.0. The molecule has 4 spiro atoms. The van der Waals surface area contributed by atoms with Gasteiger partial charge in [0.25, 0.3) is 0 Å². The predicted octanol–water partition coefficient (Wildman–Crippen LogP) is 14.6. The van der Waals surface area contributed by atoms with Crippen LogP contribution in [0.2, 0.25) is 0 Å². The number of rotatable bonds is 12. The first-order valence-electron chi connectivity index (χ1n) is 39.7. The number of aliphatic hydroxyl groups is 2. The molecule has 15 nitrogen and oxygen atoms in total. The second-order valence-electron chi connectivity index (χ2n) is 37.7. The highest BCUT2D eigenvalue weighted by Crippen LogP contribution is 2.91. The highest BCUT2D eigenvalue weighted by Gasteiger charge is 2.87. The van der Waals surface area contributed by atoms with Gasteiger partial charge >= 0.3 is 0 Å². The van der Waals surface area contributed by atoms with Crippen LogP contribution in [-0.2, 0) is 55.9 Å². The molecule has 4 aliphatic heterocycles. The second-order valence-corrected chi connectivity index (χ2v) is 38.6. The number of ether oxygens (including phenoxy) is 6. The van der Waals surface area contributed by atoms with E-state index in [0.717, 1.165) is 89.2 Å². The monoisotopic (exact) mass is 1490 g/mol. The number of nitrogens with zero attached hydrogens (tertiary/aromatic N) is 3. The van der Waals surface area contributed by atoms with Crippen LogP contribution in [0.1, 0.15) is 204 Å². The van der Waals surface area contributed by atoms with E-state index in [1.54, 1.807) is 18.7 Å². The van der Waals surface area contributed by atoms with E-state index in [1.807, 2.05) is 9.80 Å². The van der Waals surface area contributed by atoms with Gasteiger partial charge in [0.05, 0.1) is 80.5 Å². The van der Waals surface area contributed by atoms with Crippen molar-refractivity contribution in [3.05, 3.63) is 70.8 Å². The van der Waals surface area contributed by atoms with Crippen molar-refractivity contribution >= 4 is 40.9 Å². The zero-order valence-corrected chi connectivity index (χ0v) is 65.6. The summed E-state index contributed by atoms with van der Waals surface area (Å²) in [5.74, 6) is 0.688. The zero-order chi connectivity index (χ0) is 74.6. The van der Waals surface area contributed by atoms with Crippen molar-refractivity contribution < 1.29 is 70.6 Å². The summed E-state index contributed by atoms with van der Waals surface area (Å²) in [6.45, 7) is 33.4. The van der Waals surface area contributed by atoms with Crippen LogP contribution in [-0.4, -0.2) is 162 Å². The number of hydrogen-bond acceptors (Lipinski definition) is 12. The second kappa shape index (κ2) is 27.9. The Bertz CT molecular complexity index is 3520. The van der Waals surface area contributed by atoms with E-state index in [0.29, 0.717) is 111 Å². The molecule has 16 rings (SSSR count). The molecule has 14 fully saturated rings. The minimum Gasteiger partial charge on any atom is -0.390 e. The molecule has 2 aromatic rings. The van der Waals surface area contributed by atoms with Crippen molar-refractivity contribution in [3.63, 3.8) is 0 Å². The maximum atomic E-state index is 14.0. The van der Waals surface area contributed by atoms with Crippen LogP contribution in [0.5, 0.6) is 0 Å². The molecular formula is C83H120Cl2F4N4O11. The Morgan fingerprint density at radius 2 is 0.962 bits per heavy atom. The van der Waals surface area contributed by atoms with Gasteiger partial charge in [-0.15, -0.1) is 23.2 Å². The number of morpholine rings is 2. The average molecular weight is 1500 g/mol. The van der Waals surface area contributed by atoms with E-state index in [4.69, 9.17) is 51.6 Å². The minimum atomic E-state index is -0.660. The molecule has 10 saturated carbocycles. The van der Waals surface area contributed by atoms with E-state index in [2.05, 4.69) is 74.6 Å². The first-order chi connectivity index (χ1) is 49.0. The predicted molar refractivity (Wildman–Crippen MR) is 388 cm³/mol. The Hall–Kier alpha value is -3.21. The van der Waals surface area contributed by atoms with E-state index < -0.39 is 35.5 Å². The van der Waals surface area contributed by atoms with Crippen LogP contribution in [0.15, 0.2) is 36.4 Å². The summed E-state index contributed by atoms with van der Waals surface area (Å²) in [7, 11) is 0. The summed E-state index contributed by atoms with van der Waals surface area (Å²) in [6.07, 6.45) is 15.0. The van der Waals surface area contributed by atoms with Gasteiger partial charge < -0.3 is 58.7 Å². The Labute approximate surface area is 625 Å². The number of amides is 3. The fourth-order valence-corrected chi connectivity index (χ4v) is 28.4. The topological polar surface area (TPSA) is 169 Å². The first-order valence-corrected chi connectivity index (χ1v) is 40.8. The summed E-state index contributed by atoms with van der Waals surface area (Å²) < 4.78 is 94.8. The average Bonchev–Trinajstić information content (AvgIpc) is 1.46. The van der Waals surface area contributed by atoms with E-state index >= 15 is 0 Å². The van der Waals surface area contributed by atoms with Crippen LogP contribution in [0, 0.1) is 125 Å². The van der Waals surface area contributed by atoms with Crippen molar-refractivity contribution in [1.29, 1.82) is 0 Å². The Morgan fingerprint density at radius 1 is 0.567 bits per heavy atom. The highest BCUT2D eigenvalue weighted by atomic mass is 35.5. The molecular weight excluding hydrogens is 1380 g/mol. The van der Waals surface area contributed by atoms with E-state index in [1.165, 1.54) is 56.9 Å². The number of hydrogen-bond donors (Lipinski definition) is 3. The minimum absolute atomic E-state index is 0.00272. The van der Waals surface area contributed by atoms with Gasteiger partial charge in [-0.2, -0.15) is 0 Å². The third-order valence-corrected chi connectivity index (χ3v) is 33.0. The largest absolute Gasteiger partial charge is 0.390 e. The van der Waals surface area contributed by atoms with Crippen LogP contribution in [0.4, 0.5) is 17.6 Å². The third kappa shape index (κ3) is 12.2. The molecule has 26 atom stereocenters. The first kappa shape index (κ1) is 77.5. The summed E-state index contributed by atoms with van der Waals surface area (Å²) >= 11 is 9.53. The number of carbonyl (C=O) groups is 3.